The molecule has 0 fully saturated rings. The number of methoxy groups -OCH3 is 1. The van der Waals surface area contributed by atoms with Crippen molar-refractivity contribution in [3.8, 4) is 0 Å². The van der Waals surface area contributed by atoms with Gasteiger partial charge in [0.2, 0.25) is 0 Å². The molecule has 1 aromatic carbocycles. The summed E-state index contributed by atoms with van der Waals surface area (Å²) in [7, 11) is 0.539. The molecule has 38 heteroatoms. The van der Waals surface area contributed by atoms with Crippen LogP contribution in [0.15, 0.2) is 30.3 Å². The number of esters is 1. The molecule has 2 atom stereocenters. The standard InChI is InChI=1S/C32H22F34O4/c1-12(70-15(16(67)68-2)13-6-4-3-5-7-13)69-14(8-10-17(33,34)19(37,38)21(41,42)23(45,46)25(49,50)27(53,54)29(57,58)31(61,62)63)9-11-18(35,36)20(39,40)22(43,44)24(47,48)26(51,52)28(55,56)30(59,60)32(64,65)66/h3-7,12,14-15H,8-11H2,1-2H3. The first-order valence-corrected chi connectivity index (χ1v) is 17.3. The minimum Gasteiger partial charge on any atom is -0.467 e. The van der Waals surface area contributed by atoms with Gasteiger partial charge in [0.15, 0.2) is 12.4 Å². The quantitative estimate of drug-likeness (QED) is 0.0588. The topological polar surface area (TPSA) is 44.8 Å². The summed E-state index contributed by atoms with van der Waals surface area (Å²) in [5.41, 5.74) is -0.434. The van der Waals surface area contributed by atoms with E-state index < -0.39 is 151 Å². The Bertz CT molecular complexity index is 1820. The Kier molecular flexibility index (Phi) is 17.4. The second-order valence-corrected chi connectivity index (χ2v) is 14.2. The summed E-state index contributed by atoms with van der Waals surface area (Å²) in [4.78, 5) is 12.3. The fourth-order valence-corrected chi connectivity index (χ4v) is 5.17. The lowest BCUT2D eigenvalue weighted by molar-refractivity contribution is -0.462. The van der Waals surface area contributed by atoms with E-state index in [1.165, 1.54) is 6.07 Å². The predicted molar refractivity (Wildman–Crippen MR) is 156 cm³/mol. The van der Waals surface area contributed by atoms with E-state index in [2.05, 4.69) is 9.47 Å². The summed E-state index contributed by atoms with van der Waals surface area (Å²) in [6, 6.07) is 5.06. The molecule has 0 saturated carbocycles. The van der Waals surface area contributed by atoms with E-state index in [4.69, 9.17) is 4.74 Å². The van der Waals surface area contributed by atoms with Gasteiger partial charge in [-0.25, -0.2) is 4.79 Å². The van der Waals surface area contributed by atoms with Crippen LogP contribution in [0.5, 0.6) is 0 Å². The van der Waals surface area contributed by atoms with E-state index >= 15 is 0 Å². The van der Waals surface area contributed by atoms with Crippen molar-refractivity contribution in [2.45, 2.75) is 146 Å². The molecule has 0 N–H and O–H groups in total. The highest BCUT2D eigenvalue weighted by Crippen LogP contribution is 2.66. The first-order valence-electron chi connectivity index (χ1n) is 17.3. The average molecular weight is 1120 g/mol. The summed E-state index contributed by atoms with van der Waals surface area (Å²) in [6.45, 7) is 0.257. The van der Waals surface area contributed by atoms with Crippen molar-refractivity contribution in [1.29, 1.82) is 0 Å². The normalized spacial score (nSPS) is 16.7. The van der Waals surface area contributed by atoms with Crippen molar-refractivity contribution >= 4 is 5.97 Å². The molecule has 70 heavy (non-hydrogen) atoms. The lowest BCUT2D eigenvalue weighted by Crippen LogP contribution is -2.74. The molecule has 0 aliphatic rings. The molecule has 0 heterocycles. The summed E-state index contributed by atoms with van der Waals surface area (Å²) in [5.74, 6) is -124. The van der Waals surface area contributed by atoms with E-state index in [0.717, 1.165) is 24.3 Å². The van der Waals surface area contributed by atoms with Crippen molar-refractivity contribution in [1.82, 2.24) is 0 Å². The molecule has 4 nitrogen and oxygen atoms in total. The Morgan fingerprint density at radius 3 is 0.914 bits per heavy atom. The van der Waals surface area contributed by atoms with Crippen LogP contribution in [0.4, 0.5) is 149 Å². The molecule has 2 unspecified atom stereocenters. The molecular weight excluding hydrogens is 1090 g/mol. The minimum atomic E-state index is -9.20. The fraction of sp³-hybridized carbons (Fsp3) is 0.781. The third-order valence-electron chi connectivity index (χ3n) is 9.36. The van der Waals surface area contributed by atoms with Crippen molar-refractivity contribution in [3.63, 3.8) is 0 Å². The molecule has 0 spiro atoms. The number of halogens is 34. The Labute approximate surface area is 364 Å². The minimum absolute atomic E-state index is 0.257. The van der Waals surface area contributed by atoms with Gasteiger partial charge in [-0.2, -0.15) is 149 Å². The van der Waals surface area contributed by atoms with Crippen molar-refractivity contribution < 1.29 is 168 Å². The predicted octanol–water partition coefficient (Wildman–Crippen LogP) is 14.2. The van der Waals surface area contributed by atoms with Gasteiger partial charge in [-0.05, 0) is 25.3 Å². The third kappa shape index (κ3) is 10.0. The maximum absolute atomic E-state index is 14.8. The van der Waals surface area contributed by atoms with Crippen LogP contribution < -0.4 is 0 Å². The van der Waals surface area contributed by atoms with Crippen molar-refractivity contribution in [2.75, 3.05) is 7.11 Å². The van der Waals surface area contributed by atoms with Crippen LogP contribution in [-0.4, -0.2) is 121 Å². The number of benzene rings is 1. The first-order chi connectivity index (χ1) is 30.4. The van der Waals surface area contributed by atoms with Gasteiger partial charge < -0.3 is 14.2 Å². The smallest absolute Gasteiger partial charge is 0.460 e. The first kappa shape index (κ1) is 64.2. The van der Waals surface area contributed by atoms with Gasteiger partial charge >= 0.3 is 101 Å². The monoisotopic (exact) mass is 1120 g/mol. The Morgan fingerprint density at radius 1 is 0.400 bits per heavy atom. The molecule has 0 saturated heterocycles. The number of alkyl halides is 34. The second-order valence-electron chi connectivity index (χ2n) is 14.2. The van der Waals surface area contributed by atoms with E-state index in [1.807, 2.05) is 0 Å². The Balaban J connectivity index is 3.92. The van der Waals surface area contributed by atoms with Crippen LogP contribution in [0.25, 0.3) is 0 Å². The maximum atomic E-state index is 14.8. The molecule has 412 valence electrons. The molecule has 0 radical (unpaired) electrons. The SMILES string of the molecule is COC(=O)C(OC(C)OC(CCC(F)(F)C(F)(F)C(F)(F)C(F)(F)C(F)(F)C(F)(F)C(F)(F)C(F)(F)F)CCC(F)(F)C(F)(F)C(F)(F)C(F)(F)C(F)(F)C(F)(F)C(F)(F)C(F)(F)F)c1ccccc1. The summed E-state index contributed by atoms with van der Waals surface area (Å²) in [6.07, 6.45) is -38.1. The van der Waals surface area contributed by atoms with Crippen LogP contribution in [0.3, 0.4) is 0 Å². The van der Waals surface area contributed by atoms with Crippen LogP contribution in [-0.2, 0) is 19.0 Å². The van der Waals surface area contributed by atoms with Gasteiger partial charge in [0.25, 0.3) is 0 Å². The Hall–Kier alpha value is -3.77. The van der Waals surface area contributed by atoms with E-state index in [9.17, 15) is 154 Å². The summed E-state index contributed by atoms with van der Waals surface area (Å²) >= 11 is 0. The molecule has 0 amide bonds. The molecular formula is C32H22F34O4. The number of hydrogen-bond acceptors (Lipinski definition) is 4. The van der Waals surface area contributed by atoms with Crippen molar-refractivity contribution in [2.24, 2.45) is 0 Å². The zero-order valence-corrected chi connectivity index (χ0v) is 32.9. The Morgan fingerprint density at radius 2 is 0.657 bits per heavy atom. The third-order valence-corrected chi connectivity index (χ3v) is 9.36. The molecule has 0 aliphatic carbocycles. The van der Waals surface area contributed by atoms with Gasteiger partial charge in [-0.15, -0.1) is 0 Å². The molecule has 0 aromatic heterocycles. The highest BCUT2D eigenvalue weighted by Gasteiger charge is 2.97. The van der Waals surface area contributed by atoms with Crippen LogP contribution in [0.2, 0.25) is 0 Å². The number of hydrogen-bond donors (Lipinski definition) is 0. The van der Waals surface area contributed by atoms with Gasteiger partial charge in [0.1, 0.15) is 0 Å². The van der Waals surface area contributed by atoms with Gasteiger partial charge in [0, 0.05) is 12.8 Å². The lowest BCUT2D eigenvalue weighted by Gasteiger charge is -2.43. The van der Waals surface area contributed by atoms with E-state index in [-0.39, 0.29) is 6.92 Å². The fourth-order valence-electron chi connectivity index (χ4n) is 5.17. The molecule has 1 rings (SSSR count). The molecule has 1 aromatic rings. The largest absolute Gasteiger partial charge is 0.467 e. The summed E-state index contributed by atoms with van der Waals surface area (Å²) < 4.78 is 481. The molecule has 0 bridgehead atoms. The molecule has 0 aliphatic heterocycles. The number of carbonyl (C=O) groups is 1. The van der Waals surface area contributed by atoms with Crippen molar-refractivity contribution in [3.05, 3.63) is 35.9 Å². The lowest BCUT2D eigenvalue weighted by atomic mass is 9.86. The number of ether oxygens (including phenoxy) is 3. The average Bonchev–Trinajstić information content (AvgIpc) is 3.19. The van der Waals surface area contributed by atoms with Crippen LogP contribution in [0.1, 0.15) is 44.3 Å². The van der Waals surface area contributed by atoms with Crippen LogP contribution in [0, 0.1) is 0 Å². The van der Waals surface area contributed by atoms with E-state index in [1.54, 1.807) is 0 Å². The number of carbonyl (C=O) groups excluding carboxylic acids is 1. The van der Waals surface area contributed by atoms with E-state index in [0.29, 0.717) is 7.11 Å². The second kappa shape index (κ2) is 18.9. The van der Waals surface area contributed by atoms with Crippen LogP contribution >= 0.6 is 0 Å². The highest BCUT2D eigenvalue weighted by atomic mass is 19.4. The zero-order valence-electron chi connectivity index (χ0n) is 32.9. The number of rotatable bonds is 24. The van der Waals surface area contributed by atoms with Gasteiger partial charge in [0.05, 0.1) is 13.2 Å². The van der Waals surface area contributed by atoms with Gasteiger partial charge in [-0.1, -0.05) is 30.3 Å². The highest BCUT2D eigenvalue weighted by molar-refractivity contribution is 5.76. The summed E-state index contributed by atoms with van der Waals surface area (Å²) in [5, 5.41) is 0. The maximum Gasteiger partial charge on any atom is 0.460 e. The zero-order chi connectivity index (χ0) is 56.4. The van der Waals surface area contributed by atoms with Gasteiger partial charge in [-0.3, -0.25) is 0 Å².